The van der Waals surface area contributed by atoms with Crippen LogP contribution >= 0.6 is 0 Å². The number of hydrogen-bond donors (Lipinski definition) is 1. The van der Waals surface area contributed by atoms with Gasteiger partial charge in [0.15, 0.2) is 0 Å². The average molecular weight is 281 g/mol. The number of nitrogens with two attached hydrogens (primary N) is 1. The van der Waals surface area contributed by atoms with Gasteiger partial charge in [0.25, 0.3) is 0 Å². The number of benzene rings is 2. The first-order chi connectivity index (χ1) is 10.1. The maximum absolute atomic E-state index is 13.8. The number of para-hydroxylation sites is 2. The molecular weight excluding hydrogens is 265 g/mol. The number of pyridine rings is 1. The highest BCUT2D eigenvalue weighted by Crippen LogP contribution is 2.23. The molecule has 0 atom stereocenters. The predicted octanol–water partition coefficient (Wildman–Crippen LogP) is 3.59. The van der Waals surface area contributed by atoms with Crippen LogP contribution in [0.2, 0.25) is 0 Å². The van der Waals surface area contributed by atoms with Crippen LogP contribution in [0.15, 0.2) is 54.6 Å². The molecule has 0 radical (unpaired) electrons. The minimum Gasteiger partial charge on any atom is -0.383 e. The summed E-state index contributed by atoms with van der Waals surface area (Å²) in [5.41, 5.74) is 8.32. The van der Waals surface area contributed by atoms with E-state index in [9.17, 15) is 4.39 Å². The summed E-state index contributed by atoms with van der Waals surface area (Å²) in [7, 11) is 1.84. The number of fused-ring (bicyclic) bond motifs is 1. The van der Waals surface area contributed by atoms with E-state index in [2.05, 4.69) is 4.98 Å². The van der Waals surface area contributed by atoms with Gasteiger partial charge in [0.05, 0.1) is 11.2 Å². The van der Waals surface area contributed by atoms with Crippen molar-refractivity contribution in [3.8, 4) is 0 Å². The summed E-state index contributed by atoms with van der Waals surface area (Å²) < 4.78 is 13.8. The van der Waals surface area contributed by atoms with E-state index in [4.69, 9.17) is 5.73 Å². The molecule has 0 aliphatic carbocycles. The SMILES string of the molecule is CN(Cc1cc2ccccc2nc1N)c1ccccc1F. The van der Waals surface area contributed by atoms with Crippen molar-refractivity contribution in [2.24, 2.45) is 0 Å². The Hall–Kier alpha value is -2.62. The van der Waals surface area contributed by atoms with Crippen LogP contribution in [0.4, 0.5) is 15.9 Å². The van der Waals surface area contributed by atoms with E-state index in [0.717, 1.165) is 16.5 Å². The lowest BCUT2D eigenvalue weighted by Gasteiger charge is -2.20. The summed E-state index contributed by atoms with van der Waals surface area (Å²) in [4.78, 5) is 6.23. The molecule has 0 saturated heterocycles. The molecule has 3 nitrogen and oxygen atoms in total. The third-order valence-corrected chi connectivity index (χ3v) is 3.51. The Morgan fingerprint density at radius 3 is 2.62 bits per heavy atom. The zero-order chi connectivity index (χ0) is 14.8. The van der Waals surface area contributed by atoms with Crippen molar-refractivity contribution >= 4 is 22.4 Å². The molecule has 106 valence electrons. The van der Waals surface area contributed by atoms with Crippen molar-refractivity contribution in [3.05, 3.63) is 66.0 Å². The molecule has 4 heteroatoms. The second kappa shape index (κ2) is 5.40. The largest absolute Gasteiger partial charge is 0.383 e. The lowest BCUT2D eigenvalue weighted by Crippen LogP contribution is -2.18. The molecule has 0 aliphatic rings. The molecule has 3 aromatic rings. The maximum Gasteiger partial charge on any atom is 0.146 e. The van der Waals surface area contributed by atoms with Crippen LogP contribution in [0.3, 0.4) is 0 Å². The molecule has 0 aliphatic heterocycles. The fourth-order valence-corrected chi connectivity index (χ4v) is 2.40. The number of rotatable bonds is 3. The first kappa shape index (κ1) is 13.4. The summed E-state index contributed by atoms with van der Waals surface area (Å²) in [5, 5.41) is 1.03. The van der Waals surface area contributed by atoms with Crippen LogP contribution in [-0.2, 0) is 6.54 Å². The van der Waals surface area contributed by atoms with Gasteiger partial charge in [-0.2, -0.15) is 0 Å². The molecule has 1 heterocycles. The monoisotopic (exact) mass is 281 g/mol. The Bertz CT molecular complexity index is 786. The normalized spacial score (nSPS) is 10.8. The topological polar surface area (TPSA) is 42.2 Å². The highest BCUT2D eigenvalue weighted by Gasteiger charge is 2.10. The smallest absolute Gasteiger partial charge is 0.146 e. The molecule has 21 heavy (non-hydrogen) atoms. The van der Waals surface area contributed by atoms with Crippen molar-refractivity contribution in [1.82, 2.24) is 4.98 Å². The molecule has 2 aromatic carbocycles. The zero-order valence-electron chi connectivity index (χ0n) is 11.8. The molecular formula is C17H16FN3. The molecule has 0 bridgehead atoms. The molecule has 0 spiro atoms. The Labute approximate surface area is 122 Å². The summed E-state index contributed by atoms with van der Waals surface area (Å²) in [5.74, 6) is 0.240. The van der Waals surface area contributed by atoms with Crippen LogP contribution in [0.25, 0.3) is 10.9 Å². The van der Waals surface area contributed by atoms with Gasteiger partial charge in [-0.15, -0.1) is 0 Å². The summed E-state index contributed by atoms with van der Waals surface area (Å²) in [6.45, 7) is 0.505. The average Bonchev–Trinajstić information content (AvgIpc) is 2.48. The maximum atomic E-state index is 13.8. The van der Waals surface area contributed by atoms with E-state index in [1.807, 2.05) is 48.3 Å². The first-order valence-corrected chi connectivity index (χ1v) is 6.75. The number of anilines is 2. The van der Waals surface area contributed by atoms with Crippen LogP contribution in [0.1, 0.15) is 5.56 Å². The van der Waals surface area contributed by atoms with Crippen molar-refractivity contribution in [1.29, 1.82) is 0 Å². The molecule has 0 saturated carbocycles. The number of halogens is 1. The third kappa shape index (κ3) is 2.65. The first-order valence-electron chi connectivity index (χ1n) is 6.75. The Balaban J connectivity index is 1.94. The van der Waals surface area contributed by atoms with Gasteiger partial charge in [-0.25, -0.2) is 9.37 Å². The van der Waals surface area contributed by atoms with E-state index in [-0.39, 0.29) is 5.82 Å². The third-order valence-electron chi connectivity index (χ3n) is 3.51. The fourth-order valence-electron chi connectivity index (χ4n) is 2.40. The van der Waals surface area contributed by atoms with E-state index in [1.165, 1.54) is 6.07 Å². The van der Waals surface area contributed by atoms with Crippen LogP contribution in [0.5, 0.6) is 0 Å². The number of aromatic nitrogens is 1. The Kier molecular flexibility index (Phi) is 3.44. The van der Waals surface area contributed by atoms with Gasteiger partial charge < -0.3 is 10.6 Å². The predicted molar refractivity (Wildman–Crippen MR) is 84.7 cm³/mol. The summed E-state index contributed by atoms with van der Waals surface area (Å²) in [6.07, 6.45) is 0. The highest BCUT2D eigenvalue weighted by atomic mass is 19.1. The van der Waals surface area contributed by atoms with Crippen molar-refractivity contribution < 1.29 is 4.39 Å². The van der Waals surface area contributed by atoms with Crippen molar-refractivity contribution in [2.45, 2.75) is 6.54 Å². The van der Waals surface area contributed by atoms with Gasteiger partial charge in [0, 0.05) is 24.5 Å². The van der Waals surface area contributed by atoms with E-state index >= 15 is 0 Å². The molecule has 0 fully saturated rings. The van der Waals surface area contributed by atoms with Gasteiger partial charge in [-0.1, -0.05) is 30.3 Å². The molecule has 2 N–H and O–H groups in total. The molecule has 0 amide bonds. The van der Waals surface area contributed by atoms with Crippen LogP contribution in [0, 0.1) is 5.82 Å². The minimum atomic E-state index is -0.243. The van der Waals surface area contributed by atoms with E-state index in [1.54, 1.807) is 12.1 Å². The summed E-state index contributed by atoms with van der Waals surface area (Å²) in [6, 6.07) is 16.5. The number of nitrogens with zero attached hydrogens (tertiary/aromatic N) is 2. The molecule has 1 aromatic heterocycles. The number of nitrogen functional groups attached to an aromatic ring is 1. The van der Waals surface area contributed by atoms with Crippen LogP contribution in [-0.4, -0.2) is 12.0 Å². The summed E-state index contributed by atoms with van der Waals surface area (Å²) >= 11 is 0. The zero-order valence-corrected chi connectivity index (χ0v) is 11.8. The van der Waals surface area contributed by atoms with Gasteiger partial charge in [-0.3, -0.25) is 0 Å². The Morgan fingerprint density at radius 1 is 1.10 bits per heavy atom. The highest BCUT2D eigenvalue weighted by molar-refractivity contribution is 5.81. The molecule has 0 unspecified atom stereocenters. The van der Waals surface area contributed by atoms with Crippen molar-refractivity contribution in [3.63, 3.8) is 0 Å². The standard InChI is InChI=1S/C17H16FN3/c1-21(16-9-5-3-7-14(16)18)11-13-10-12-6-2-4-8-15(12)20-17(13)19/h2-10H,11H2,1H3,(H2,19,20). The second-order valence-corrected chi connectivity index (χ2v) is 5.03. The van der Waals surface area contributed by atoms with Crippen LogP contribution < -0.4 is 10.6 Å². The number of hydrogen-bond acceptors (Lipinski definition) is 3. The Morgan fingerprint density at radius 2 is 1.81 bits per heavy atom. The van der Waals surface area contributed by atoms with Gasteiger partial charge in [-0.05, 0) is 24.3 Å². The minimum absolute atomic E-state index is 0.243. The molecule has 3 rings (SSSR count). The fraction of sp³-hybridized carbons (Fsp3) is 0.118. The van der Waals surface area contributed by atoms with Crippen molar-refractivity contribution in [2.75, 3.05) is 17.7 Å². The lowest BCUT2D eigenvalue weighted by atomic mass is 10.1. The van der Waals surface area contributed by atoms with E-state index < -0.39 is 0 Å². The second-order valence-electron chi connectivity index (χ2n) is 5.03. The quantitative estimate of drug-likeness (QED) is 0.797. The van der Waals surface area contributed by atoms with Gasteiger partial charge >= 0.3 is 0 Å². The van der Waals surface area contributed by atoms with Gasteiger partial charge in [0.2, 0.25) is 0 Å². The van der Waals surface area contributed by atoms with Gasteiger partial charge in [0.1, 0.15) is 11.6 Å². The lowest BCUT2D eigenvalue weighted by molar-refractivity contribution is 0.622. The van der Waals surface area contributed by atoms with E-state index in [0.29, 0.717) is 18.1 Å².